The predicted octanol–water partition coefficient (Wildman–Crippen LogP) is 2.91. The summed E-state index contributed by atoms with van der Waals surface area (Å²) in [6.45, 7) is -0.425. The quantitative estimate of drug-likeness (QED) is 0.618. The summed E-state index contributed by atoms with van der Waals surface area (Å²) in [5.41, 5.74) is 0. The first-order valence-corrected chi connectivity index (χ1v) is 4.90. The third kappa shape index (κ3) is 3.85. The highest BCUT2D eigenvalue weighted by Gasteiger charge is 2.53. The molecule has 0 aromatic rings. The minimum absolute atomic E-state index is 0.425. The van der Waals surface area contributed by atoms with E-state index in [1.54, 1.807) is 22.6 Å². The van der Waals surface area contributed by atoms with E-state index in [9.17, 15) is 13.2 Å². The van der Waals surface area contributed by atoms with Gasteiger partial charge in [0.15, 0.2) is 0 Å². The van der Waals surface area contributed by atoms with Gasteiger partial charge in [0.05, 0.1) is 6.61 Å². The molecule has 0 saturated carbocycles. The van der Waals surface area contributed by atoms with Crippen molar-refractivity contribution < 1.29 is 18.3 Å². The minimum Gasteiger partial charge on any atom is -0.395 e. The Bertz CT molecular complexity index is 150. The Hall–Kier alpha value is 1.06. The average molecular weight is 337 g/mol. The number of hydrogen-bond donors (Lipinski definition) is 1. The zero-order valence-corrected chi connectivity index (χ0v) is 9.38. The lowest BCUT2D eigenvalue weighted by Crippen LogP contribution is -2.37. The van der Waals surface area contributed by atoms with Crippen molar-refractivity contribution in [3.63, 3.8) is 0 Å². The third-order valence-electron chi connectivity index (χ3n) is 1.09. The lowest BCUT2D eigenvalue weighted by Gasteiger charge is -2.24. The van der Waals surface area contributed by atoms with Crippen molar-refractivity contribution in [1.29, 1.82) is 0 Å². The number of aliphatic hydroxyl groups excluding tert-OH is 1. The van der Waals surface area contributed by atoms with E-state index < -0.39 is 27.5 Å². The zero-order valence-electron chi connectivity index (χ0n) is 5.71. The summed E-state index contributed by atoms with van der Waals surface area (Å²) in [6, 6.07) is 0. The molecule has 0 aromatic carbocycles. The van der Waals surface area contributed by atoms with Gasteiger partial charge in [0.25, 0.3) is 5.13 Å². The largest absolute Gasteiger partial charge is 0.395 e. The van der Waals surface area contributed by atoms with Gasteiger partial charge in [0, 0.05) is 10.3 Å². The maximum Gasteiger partial charge on any atom is 0.369 e. The van der Waals surface area contributed by atoms with Crippen LogP contribution in [-0.4, -0.2) is 26.1 Å². The highest BCUT2D eigenvalue weighted by atomic mass is 127. The van der Waals surface area contributed by atoms with Crippen molar-refractivity contribution in [2.24, 2.45) is 0 Å². The highest BCUT2D eigenvalue weighted by Crippen LogP contribution is 2.43. The first-order chi connectivity index (χ1) is 5.20. The molecule has 0 spiro atoms. The Labute approximate surface area is 91.4 Å². The van der Waals surface area contributed by atoms with Crippen LogP contribution in [0.5, 0.6) is 0 Å². The van der Waals surface area contributed by atoms with Gasteiger partial charge < -0.3 is 5.11 Å². The molecule has 2 atom stereocenters. The smallest absolute Gasteiger partial charge is 0.369 e. The van der Waals surface area contributed by atoms with Gasteiger partial charge in [-0.3, -0.25) is 0 Å². The molecule has 0 heterocycles. The van der Waals surface area contributed by atoms with E-state index >= 15 is 0 Å². The highest BCUT2D eigenvalue weighted by molar-refractivity contribution is 14.1. The molecule has 0 amide bonds. The van der Waals surface area contributed by atoms with Crippen LogP contribution in [0.2, 0.25) is 0 Å². The summed E-state index contributed by atoms with van der Waals surface area (Å²) in [5.74, 6) is 0. The maximum absolute atomic E-state index is 12.8. The molecule has 0 rings (SSSR count). The van der Waals surface area contributed by atoms with Crippen LogP contribution in [-0.2, 0) is 0 Å². The lowest BCUT2D eigenvalue weighted by atomic mass is 10.2. The molecule has 7 heteroatoms. The van der Waals surface area contributed by atoms with E-state index in [2.05, 4.69) is 11.6 Å². The van der Waals surface area contributed by atoms with Crippen LogP contribution in [0.3, 0.4) is 0 Å². The molecular weight excluding hydrogens is 331 g/mol. The fourth-order valence-electron chi connectivity index (χ4n) is 0.458. The van der Waals surface area contributed by atoms with Crippen LogP contribution in [0.4, 0.5) is 13.2 Å². The van der Waals surface area contributed by atoms with Crippen LogP contribution < -0.4 is 0 Å². The van der Waals surface area contributed by atoms with Gasteiger partial charge in [0.1, 0.15) is 0 Å². The van der Waals surface area contributed by atoms with Crippen molar-refractivity contribution in [2.45, 2.75) is 20.9 Å². The fourth-order valence-corrected chi connectivity index (χ4v) is 1.59. The summed E-state index contributed by atoms with van der Waals surface area (Å²) in [5, 5.41) is 1.02. The third-order valence-corrected chi connectivity index (χ3v) is 2.71. The van der Waals surface area contributed by atoms with E-state index in [1.807, 2.05) is 0 Å². The summed E-state index contributed by atoms with van der Waals surface area (Å²) in [7, 11) is 0. The number of aliphatic hydroxyl groups is 1. The number of rotatable bonds is 4. The van der Waals surface area contributed by atoms with Gasteiger partial charge >= 0.3 is 5.38 Å². The van der Waals surface area contributed by atoms with Crippen LogP contribution >= 0.6 is 45.8 Å². The number of halogens is 6. The molecule has 2 unspecified atom stereocenters. The molecule has 0 saturated heterocycles. The summed E-state index contributed by atoms with van der Waals surface area (Å²) in [6.07, 6.45) is -0.706. The van der Waals surface area contributed by atoms with E-state index in [4.69, 9.17) is 16.7 Å². The molecule has 12 heavy (non-hydrogen) atoms. The van der Waals surface area contributed by atoms with Crippen molar-refractivity contribution in [1.82, 2.24) is 0 Å². The monoisotopic (exact) mass is 336 g/mol. The first-order valence-electron chi connectivity index (χ1n) is 2.90. The van der Waals surface area contributed by atoms with Gasteiger partial charge in [-0.2, -0.15) is 8.78 Å². The second kappa shape index (κ2) is 4.52. The Morgan fingerprint density at radius 2 is 1.75 bits per heavy atom. The SMILES string of the molecule is OCC(I)CC(F)(Cl)C(F)(F)Cl. The van der Waals surface area contributed by atoms with Crippen LogP contribution in [0.15, 0.2) is 0 Å². The molecule has 0 aliphatic carbocycles. The summed E-state index contributed by atoms with van der Waals surface area (Å²) >= 11 is 10.8. The van der Waals surface area contributed by atoms with Crippen molar-refractivity contribution in [2.75, 3.05) is 6.61 Å². The molecule has 74 valence electrons. The number of hydrogen-bond acceptors (Lipinski definition) is 1. The summed E-state index contributed by atoms with van der Waals surface area (Å²) < 4.78 is 36.5. The second-order valence-corrected chi connectivity index (χ2v) is 5.02. The predicted molar refractivity (Wildman–Crippen MR) is 50.0 cm³/mol. The molecule has 1 nitrogen and oxygen atoms in total. The van der Waals surface area contributed by atoms with Crippen LogP contribution in [0, 0.1) is 0 Å². The lowest BCUT2D eigenvalue weighted by molar-refractivity contribution is -0.0248. The van der Waals surface area contributed by atoms with Crippen molar-refractivity contribution in [3.8, 4) is 0 Å². The molecule has 0 aliphatic heterocycles. The topological polar surface area (TPSA) is 20.2 Å². The Kier molecular flexibility index (Phi) is 4.92. The minimum atomic E-state index is -4.12. The van der Waals surface area contributed by atoms with E-state index in [0.29, 0.717) is 0 Å². The van der Waals surface area contributed by atoms with Gasteiger partial charge in [-0.15, -0.1) is 0 Å². The molecule has 0 fully saturated rings. The Balaban J connectivity index is 4.22. The first kappa shape index (κ1) is 13.1. The van der Waals surface area contributed by atoms with E-state index in [-0.39, 0.29) is 0 Å². The van der Waals surface area contributed by atoms with E-state index in [1.165, 1.54) is 0 Å². The molecule has 1 N–H and O–H groups in total. The summed E-state index contributed by atoms with van der Waals surface area (Å²) in [4.78, 5) is 0. The Morgan fingerprint density at radius 1 is 1.33 bits per heavy atom. The van der Waals surface area contributed by atoms with Crippen LogP contribution in [0.1, 0.15) is 6.42 Å². The normalized spacial score (nSPS) is 20.2. The van der Waals surface area contributed by atoms with Crippen molar-refractivity contribution in [3.05, 3.63) is 0 Å². The number of alkyl halides is 6. The maximum atomic E-state index is 12.8. The van der Waals surface area contributed by atoms with Crippen molar-refractivity contribution >= 4 is 45.8 Å². The molecular formula is C5H6Cl2F3IO. The molecule has 0 bridgehead atoms. The molecule has 0 aromatic heterocycles. The Morgan fingerprint density at radius 3 is 2.00 bits per heavy atom. The van der Waals surface area contributed by atoms with Gasteiger partial charge in [-0.1, -0.05) is 34.2 Å². The average Bonchev–Trinajstić information content (AvgIpc) is 1.84. The molecule has 0 radical (unpaired) electrons. The van der Waals surface area contributed by atoms with E-state index in [0.717, 1.165) is 0 Å². The van der Waals surface area contributed by atoms with Gasteiger partial charge in [-0.25, -0.2) is 4.39 Å². The standard InChI is InChI=1S/C5H6Cl2F3IO/c6-4(8,5(7,9)10)1-3(11)2-12/h3,12H,1-2H2. The molecule has 0 aliphatic rings. The second-order valence-electron chi connectivity index (χ2n) is 2.19. The van der Waals surface area contributed by atoms with Gasteiger partial charge in [-0.05, 0) is 11.6 Å². The fraction of sp³-hybridized carbons (Fsp3) is 1.00. The van der Waals surface area contributed by atoms with Crippen LogP contribution in [0.25, 0.3) is 0 Å². The zero-order chi connectivity index (χ0) is 9.99. The van der Waals surface area contributed by atoms with Gasteiger partial charge in [0.2, 0.25) is 0 Å².